The Labute approximate surface area is 139 Å². The van der Waals surface area contributed by atoms with E-state index in [1.807, 2.05) is 20.8 Å². The summed E-state index contributed by atoms with van der Waals surface area (Å²) >= 11 is 0. The lowest BCUT2D eigenvalue weighted by molar-refractivity contribution is -0.125. The molecule has 0 saturated heterocycles. The fourth-order valence-electron chi connectivity index (χ4n) is 2.25. The Hall–Kier alpha value is -2.70. The predicted molar refractivity (Wildman–Crippen MR) is 89.9 cm³/mol. The first-order chi connectivity index (χ1) is 11.2. The number of carbonyl (C=O) groups is 2. The standard InChI is InChI=1S/C17H21N3O4/c1-5-20-15(22)12-9-7-6-8-11(12)14(19-20)16(23)24-10-13(21)18-17(2,3)4/h6-9H,5,10H2,1-4H3,(H,18,21). The SMILES string of the molecule is CCn1nc(C(=O)OCC(=O)NC(C)(C)C)c2ccccc2c1=O. The Balaban J connectivity index is 2.28. The Bertz CT molecular complexity index is 834. The van der Waals surface area contributed by atoms with Gasteiger partial charge in [-0.2, -0.15) is 5.10 Å². The number of rotatable bonds is 4. The van der Waals surface area contributed by atoms with Gasteiger partial charge < -0.3 is 10.1 Å². The molecule has 7 nitrogen and oxygen atoms in total. The number of fused-ring (bicyclic) bond motifs is 1. The van der Waals surface area contributed by atoms with Crippen molar-refractivity contribution >= 4 is 22.6 Å². The highest BCUT2D eigenvalue weighted by Gasteiger charge is 2.20. The predicted octanol–water partition coefficient (Wildman–Crippen LogP) is 1.49. The van der Waals surface area contributed by atoms with Gasteiger partial charge in [-0.15, -0.1) is 0 Å². The van der Waals surface area contributed by atoms with Gasteiger partial charge in [0.15, 0.2) is 12.3 Å². The molecule has 2 aromatic rings. The molecule has 0 fully saturated rings. The van der Waals surface area contributed by atoms with E-state index in [0.717, 1.165) is 0 Å². The van der Waals surface area contributed by atoms with E-state index in [9.17, 15) is 14.4 Å². The van der Waals surface area contributed by atoms with E-state index < -0.39 is 24.0 Å². The average Bonchev–Trinajstić information content (AvgIpc) is 2.51. The summed E-state index contributed by atoms with van der Waals surface area (Å²) in [6, 6.07) is 6.70. The molecule has 1 heterocycles. The van der Waals surface area contributed by atoms with E-state index in [0.29, 0.717) is 17.3 Å². The van der Waals surface area contributed by atoms with Gasteiger partial charge in [0, 0.05) is 17.5 Å². The monoisotopic (exact) mass is 331 g/mol. The first kappa shape index (κ1) is 17.7. The summed E-state index contributed by atoms with van der Waals surface area (Å²) in [7, 11) is 0. The molecule has 0 aliphatic rings. The molecule has 0 aliphatic carbocycles. The molecule has 0 atom stereocenters. The highest BCUT2D eigenvalue weighted by atomic mass is 16.5. The first-order valence-corrected chi connectivity index (χ1v) is 7.71. The van der Waals surface area contributed by atoms with E-state index in [1.165, 1.54) is 4.68 Å². The van der Waals surface area contributed by atoms with Gasteiger partial charge in [-0.25, -0.2) is 9.48 Å². The number of benzene rings is 1. The number of hydrogen-bond donors (Lipinski definition) is 1. The molecule has 1 amide bonds. The molecule has 0 aliphatic heterocycles. The summed E-state index contributed by atoms with van der Waals surface area (Å²) in [5.74, 6) is -1.14. The maximum atomic E-state index is 12.3. The van der Waals surface area contributed by atoms with Crippen molar-refractivity contribution in [2.45, 2.75) is 39.8 Å². The summed E-state index contributed by atoms with van der Waals surface area (Å²) in [5, 5.41) is 7.57. The number of esters is 1. The van der Waals surface area contributed by atoms with Crippen molar-refractivity contribution in [3.8, 4) is 0 Å². The average molecular weight is 331 g/mol. The van der Waals surface area contributed by atoms with Gasteiger partial charge >= 0.3 is 5.97 Å². The van der Waals surface area contributed by atoms with Crippen LogP contribution in [0.1, 0.15) is 38.2 Å². The molecule has 0 bridgehead atoms. The Morgan fingerprint density at radius 3 is 2.42 bits per heavy atom. The normalized spacial score (nSPS) is 11.3. The molecule has 1 aromatic heterocycles. The molecule has 0 saturated carbocycles. The lowest BCUT2D eigenvalue weighted by Gasteiger charge is -2.20. The van der Waals surface area contributed by atoms with E-state index in [1.54, 1.807) is 31.2 Å². The molecule has 0 radical (unpaired) electrons. The number of aromatic nitrogens is 2. The van der Waals surface area contributed by atoms with Crippen LogP contribution in [0.3, 0.4) is 0 Å². The third kappa shape index (κ3) is 3.98. The van der Waals surface area contributed by atoms with Gasteiger partial charge in [-0.1, -0.05) is 18.2 Å². The number of aryl methyl sites for hydroxylation is 1. The zero-order chi connectivity index (χ0) is 17.9. The Morgan fingerprint density at radius 2 is 1.83 bits per heavy atom. The highest BCUT2D eigenvalue weighted by molar-refractivity contribution is 6.02. The second-order valence-corrected chi connectivity index (χ2v) is 6.39. The molecule has 1 N–H and O–H groups in total. The number of nitrogens with one attached hydrogen (secondary N) is 1. The number of amides is 1. The lowest BCUT2D eigenvalue weighted by atomic mass is 10.1. The summed E-state index contributed by atoms with van der Waals surface area (Å²) in [6.45, 7) is 7.18. The van der Waals surface area contributed by atoms with E-state index >= 15 is 0 Å². The van der Waals surface area contributed by atoms with Crippen LogP contribution in [-0.4, -0.2) is 33.8 Å². The second kappa shape index (κ2) is 6.82. The fraction of sp³-hybridized carbons (Fsp3) is 0.412. The van der Waals surface area contributed by atoms with Gasteiger partial charge in [-0.3, -0.25) is 9.59 Å². The van der Waals surface area contributed by atoms with Gasteiger partial charge in [0.25, 0.3) is 11.5 Å². The Morgan fingerprint density at radius 1 is 1.21 bits per heavy atom. The van der Waals surface area contributed by atoms with Gasteiger partial charge in [0.05, 0.1) is 5.39 Å². The van der Waals surface area contributed by atoms with Crippen LogP contribution in [0, 0.1) is 0 Å². The highest BCUT2D eigenvalue weighted by Crippen LogP contribution is 2.14. The van der Waals surface area contributed by atoms with Crippen molar-refractivity contribution in [3.05, 3.63) is 40.3 Å². The zero-order valence-corrected chi connectivity index (χ0v) is 14.3. The smallest absolute Gasteiger partial charge is 0.359 e. The van der Waals surface area contributed by atoms with E-state index in [4.69, 9.17) is 4.74 Å². The zero-order valence-electron chi connectivity index (χ0n) is 14.3. The maximum absolute atomic E-state index is 12.3. The molecular weight excluding hydrogens is 310 g/mol. The first-order valence-electron chi connectivity index (χ1n) is 7.71. The van der Waals surface area contributed by atoms with Crippen molar-refractivity contribution in [1.29, 1.82) is 0 Å². The molecule has 24 heavy (non-hydrogen) atoms. The molecule has 128 valence electrons. The number of hydrogen-bond acceptors (Lipinski definition) is 5. The van der Waals surface area contributed by atoms with Crippen molar-refractivity contribution in [2.75, 3.05) is 6.61 Å². The second-order valence-electron chi connectivity index (χ2n) is 6.39. The molecule has 0 spiro atoms. The third-order valence-corrected chi connectivity index (χ3v) is 3.21. The van der Waals surface area contributed by atoms with Crippen molar-refractivity contribution in [1.82, 2.24) is 15.1 Å². The van der Waals surface area contributed by atoms with Crippen LogP contribution in [0.4, 0.5) is 0 Å². The minimum atomic E-state index is -0.738. The van der Waals surface area contributed by atoms with Gasteiger partial charge in [0.2, 0.25) is 0 Å². The lowest BCUT2D eigenvalue weighted by Crippen LogP contribution is -2.42. The summed E-state index contributed by atoms with van der Waals surface area (Å²) in [6.07, 6.45) is 0. The third-order valence-electron chi connectivity index (χ3n) is 3.21. The van der Waals surface area contributed by atoms with Crippen LogP contribution >= 0.6 is 0 Å². The molecule has 2 rings (SSSR count). The fourth-order valence-corrected chi connectivity index (χ4v) is 2.25. The molecular formula is C17H21N3O4. The van der Waals surface area contributed by atoms with Crippen LogP contribution in [0.15, 0.2) is 29.1 Å². The summed E-state index contributed by atoms with van der Waals surface area (Å²) < 4.78 is 6.26. The number of nitrogens with zero attached hydrogens (tertiary/aromatic N) is 2. The Kier molecular flexibility index (Phi) is 5.02. The minimum Gasteiger partial charge on any atom is -0.451 e. The van der Waals surface area contributed by atoms with Crippen LogP contribution in [0.5, 0.6) is 0 Å². The van der Waals surface area contributed by atoms with Crippen molar-refractivity contribution in [3.63, 3.8) is 0 Å². The van der Waals surface area contributed by atoms with Crippen LogP contribution in [0.25, 0.3) is 10.8 Å². The molecule has 7 heteroatoms. The van der Waals surface area contributed by atoms with Crippen molar-refractivity contribution in [2.24, 2.45) is 0 Å². The largest absolute Gasteiger partial charge is 0.451 e. The minimum absolute atomic E-state index is 0.0237. The van der Waals surface area contributed by atoms with Gasteiger partial charge in [0.1, 0.15) is 0 Å². The van der Waals surface area contributed by atoms with E-state index in [-0.39, 0.29) is 11.3 Å². The van der Waals surface area contributed by atoms with Gasteiger partial charge in [-0.05, 0) is 33.8 Å². The summed E-state index contributed by atoms with van der Waals surface area (Å²) in [5.41, 5.74) is -0.658. The number of carbonyl (C=O) groups excluding carboxylic acids is 2. The summed E-state index contributed by atoms with van der Waals surface area (Å²) in [4.78, 5) is 36.3. The van der Waals surface area contributed by atoms with Crippen LogP contribution in [-0.2, 0) is 16.1 Å². The molecule has 0 unspecified atom stereocenters. The molecule has 1 aromatic carbocycles. The number of ether oxygens (including phenoxy) is 1. The quantitative estimate of drug-likeness (QED) is 0.857. The van der Waals surface area contributed by atoms with E-state index in [2.05, 4.69) is 10.4 Å². The van der Waals surface area contributed by atoms with Crippen LogP contribution in [0.2, 0.25) is 0 Å². The van der Waals surface area contributed by atoms with Crippen molar-refractivity contribution < 1.29 is 14.3 Å². The van der Waals surface area contributed by atoms with Crippen LogP contribution < -0.4 is 10.9 Å². The topological polar surface area (TPSA) is 90.3 Å². The maximum Gasteiger partial charge on any atom is 0.359 e.